The summed E-state index contributed by atoms with van der Waals surface area (Å²) in [4.78, 5) is 33.9. The zero-order chi connectivity index (χ0) is 32.6. The lowest BCUT2D eigenvalue weighted by molar-refractivity contribution is -0.128. The van der Waals surface area contributed by atoms with Crippen molar-refractivity contribution >= 4 is 51.8 Å². The lowest BCUT2D eigenvalue weighted by Crippen LogP contribution is -2.51. The van der Waals surface area contributed by atoms with E-state index >= 15 is 4.39 Å². The molecule has 0 saturated carbocycles. The second kappa shape index (κ2) is 12.0. The van der Waals surface area contributed by atoms with Gasteiger partial charge >= 0.3 is 5.97 Å². The molecule has 1 spiro atoms. The minimum atomic E-state index is -1.36. The summed E-state index contributed by atoms with van der Waals surface area (Å²) in [7, 11) is 1.65. The average molecular weight is 688 g/mol. The number of fused-ring (bicyclic) bond motifs is 7. The second-order valence-electron chi connectivity index (χ2n) is 12.4. The van der Waals surface area contributed by atoms with Gasteiger partial charge < -0.3 is 19.7 Å². The molecular weight excluding hydrogens is 654 g/mol. The fourth-order valence-corrected chi connectivity index (χ4v) is 8.65. The maximum atomic E-state index is 16.4. The highest BCUT2D eigenvalue weighted by atomic mass is 35.5. The number of benzene rings is 4. The Morgan fingerprint density at radius 2 is 1.88 bits per heavy atom. The summed E-state index contributed by atoms with van der Waals surface area (Å²) < 4.78 is 23.9. The summed E-state index contributed by atoms with van der Waals surface area (Å²) in [5.74, 6) is -2.46. The van der Waals surface area contributed by atoms with Gasteiger partial charge in [-0.1, -0.05) is 73.1 Å². The summed E-state index contributed by atoms with van der Waals surface area (Å²) in [6, 6.07) is 23.0. The lowest BCUT2D eigenvalue weighted by atomic mass is 9.70. The van der Waals surface area contributed by atoms with Gasteiger partial charge in [-0.3, -0.25) is 9.69 Å². The first-order chi connectivity index (χ1) is 22.7. The Hall–Kier alpha value is -4.28. The Balaban J connectivity index is 0.00000364. The smallest absolute Gasteiger partial charge is 0.335 e. The minimum Gasteiger partial charge on any atom is -0.478 e. The Kier molecular flexibility index (Phi) is 8.07. The van der Waals surface area contributed by atoms with Gasteiger partial charge in [-0.05, 0) is 59.5 Å². The largest absolute Gasteiger partial charge is 0.478 e. The number of methoxy groups -OCH3 is 1. The SMILES string of the molecule is C.COCc1cccc(CN2[C@H]3CCn4c(nc5cc(C(=O)O)ccc54)[C@H]3[C@H](c3cccc(Cl)c3F)[C@]23C(=O)Nc2cc(Cl)ccc23)c1. The number of amides is 1. The zero-order valence-corrected chi connectivity index (χ0v) is 26.7. The first-order valence-electron chi connectivity index (χ1n) is 15.3. The molecule has 1 amide bonds. The predicted molar refractivity (Wildman–Crippen MR) is 183 cm³/mol. The van der Waals surface area contributed by atoms with Gasteiger partial charge in [0, 0.05) is 54.4 Å². The van der Waals surface area contributed by atoms with Crippen molar-refractivity contribution in [2.75, 3.05) is 12.4 Å². The number of carboxylic acid groups (broad SMARTS) is 1. The lowest BCUT2D eigenvalue weighted by Gasteiger charge is -2.40. The molecule has 48 heavy (non-hydrogen) atoms. The van der Waals surface area contributed by atoms with E-state index < -0.39 is 29.2 Å². The number of carbonyl (C=O) groups is 2. The molecule has 1 saturated heterocycles. The van der Waals surface area contributed by atoms with E-state index in [9.17, 15) is 14.7 Å². The van der Waals surface area contributed by atoms with Crippen LogP contribution in [0.2, 0.25) is 10.0 Å². The Morgan fingerprint density at radius 1 is 1.08 bits per heavy atom. The normalized spacial score (nSPS) is 22.7. The van der Waals surface area contributed by atoms with Crippen LogP contribution in [0.5, 0.6) is 0 Å². The molecule has 1 aromatic heterocycles. The fraction of sp³-hybridized carbons (Fsp3) is 0.270. The number of anilines is 1. The van der Waals surface area contributed by atoms with E-state index in [4.69, 9.17) is 32.9 Å². The van der Waals surface area contributed by atoms with Crippen molar-refractivity contribution in [2.45, 2.75) is 57.0 Å². The summed E-state index contributed by atoms with van der Waals surface area (Å²) in [6.07, 6.45) is 0.637. The Labute approximate surface area is 287 Å². The minimum absolute atomic E-state index is 0. The first-order valence-corrected chi connectivity index (χ1v) is 16.1. The van der Waals surface area contributed by atoms with Gasteiger partial charge in [-0.2, -0.15) is 0 Å². The van der Waals surface area contributed by atoms with Crippen molar-refractivity contribution in [3.63, 3.8) is 0 Å². The van der Waals surface area contributed by atoms with E-state index in [1.165, 1.54) is 6.07 Å². The molecule has 8 nitrogen and oxygen atoms in total. The number of rotatable bonds is 6. The molecule has 8 rings (SSSR count). The highest BCUT2D eigenvalue weighted by Gasteiger charge is 2.68. The van der Waals surface area contributed by atoms with Crippen LogP contribution in [-0.2, 0) is 34.8 Å². The van der Waals surface area contributed by atoms with Gasteiger partial charge in [0.2, 0.25) is 5.91 Å². The third-order valence-electron chi connectivity index (χ3n) is 10.0. The van der Waals surface area contributed by atoms with Gasteiger partial charge in [0.25, 0.3) is 0 Å². The molecule has 246 valence electrons. The number of hydrogen-bond donors (Lipinski definition) is 2. The summed E-state index contributed by atoms with van der Waals surface area (Å²) >= 11 is 12.9. The number of carboxylic acids is 1. The molecule has 3 aliphatic rings. The number of halogens is 3. The number of carbonyl (C=O) groups excluding carboxylic acids is 1. The van der Waals surface area contributed by atoms with Crippen LogP contribution in [0.1, 0.15) is 64.1 Å². The van der Waals surface area contributed by atoms with Crippen LogP contribution in [0.15, 0.2) is 78.9 Å². The molecular formula is C37H33Cl2FN4O4. The van der Waals surface area contributed by atoms with E-state index in [0.29, 0.717) is 59.3 Å². The number of ether oxygens (including phenoxy) is 1. The molecule has 0 unspecified atom stereocenters. The monoisotopic (exact) mass is 686 g/mol. The van der Waals surface area contributed by atoms with Crippen molar-refractivity contribution in [3.05, 3.63) is 128 Å². The average Bonchev–Trinajstić information content (AvgIpc) is 3.66. The van der Waals surface area contributed by atoms with E-state index in [1.807, 2.05) is 24.3 Å². The number of nitrogens with one attached hydrogen (secondary N) is 1. The van der Waals surface area contributed by atoms with Crippen molar-refractivity contribution < 1.29 is 23.8 Å². The molecule has 3 aliphatic heterocycles. The number of likely N-dealkylation sites (tertiary alicyclic amines) is 1. The molecule has 11 heteroatoms. The third kappa shape index (κ3) is 4.67. The number of aromatic nitrogens is 2. The summed E-state index contributed by atoms with van der Waals surface area (Å²) in [5.41, 5.74) is 3.65. The van der Waals surface area contributed by atoms with E-state index in [2.05, 4.69) is 20.9 Å². The molecule has 0 bridgehead atoms. The van der Waals surface area contributed by atoms with Gasteiger partial charge in [-0.25, -0.2) is 14.2 Å². The third-order valence-corrected chi connectivity index (χ3v) is 10.5. The molecule has 5 aromatic rings. The van der Waals surface area contributed by atoms with Crippen LogP contribution >= 0.6 is 23.2 Å². The van der Waals surface area contributed by atoms with Crippen molar-refractivity contribution in [3.8, 4) is 0 Å². The van der Waals surface area contributed by atoms with E-state index in [1.54, 1.807) is 49.6 Å². The van der Waals surface area contributed by atoms with Gasteiger partial charge in [0.15, 0.2) is 0 Å². The molecule has 4 atom stereocenters. The maximum Gasteiger partial charge on any atom is 0.335 e. The van der Waals surface area contributed by atoms with Gasteiger partial charge in [0.1, 0.15) is 17.2 Å². The summed E-state index contributed by atoms with van der Waals surface area (Å²) in [6.45, 7) is 1.40. The van der Waals surface area contributed by atoms with E-state index in [-0.39, 0.29) is 30.0 Å². The number of hydrogen-bond acceptors (Lipinski definition) is 5. The van der Waals surface area contributed by atoms with Crippen LogP contribution in [0.3, 0.4) is 0 Å². The highest BCUT2D eigenvalue weighted by Crippen LogP contribution is 2.64. The van der Waals surface area contributed by atoms with Crippen molar-refractivity contribution in [2.24, 2.45) is 0 Å². The standard InChI is InChI=1S/C36H29Cl2FN4O4.CH4/c1-47-18-20-5-2-4-19(14-20)17-43-29-12-13-42-28-11-8-21(34(44)45)15-27(28)40-33(42)30(29)31(23-6-3-7-25(38)32(23)39)36(43)24-10-9-22(37)16-26(24)41-35(36)46;/h2-11,14-16,29-31H,12-13,17-18H2,1H3,(H,41,46)(H,44,45);1H4/t29-,30+,31-,36+;/m0./s1. The van der Waals surface area contributed by atoms with Crippen molar-refractivity contribution in [1.82, 2.24) is 14.5 Å². The first kappa shape index (κ1) is 32.3. The number of aryl methyl sites for hydroxylation is 1. The predicted octanol–water partition coefficient (Wildman–Crippen LogP) is 7.97. The number of imidazole rings is 1. The van der Waals surface area contributed by atoms with Crippen LogP contribution < -0.4 is 5.32 Å². The highest BCUT2D eigenvalue weighted by molar-refractivity contribution is 6.31. The van der Waals surface area contributed by atoms with E-state index in [0.717, 1.165) is 16.6 Å². The van der Waals surface area contributed by atoms with Crippen molar-refractivity contribution in [1.29, 1.82) is 0 Å². The quantitative estimate of drug-likeness (QED) is 0.188. The second-order valence-corrected chi connectivity index (χ2v) is 13.3. The topological polar surface area (TPSA) is 96.7 Å². The Morgan fingerprint density at radius 3 is 2.67 bits per heavy atom. The molecule has 0 radical (unpaired) electrons. The van der Waals surface area contributed by atoms with Gasteiger partial charge in [0.05, 0.1) is 28.2 Å². The van der Waals surface area contributed by atoms with Crippen LogP contribution in [0.25, 0.3) is 11.0 Å². The summed E-state index contributed by atoms with van der Waals surface area (Å²) in [5, 5.41) is 13.2. The van der Waals surface area contributed by atoms with Crippen LogP contribution in [0.4, 0.5) is 10.1 Å². The van der Waals surface area contributed by atoms with Crippen LogP contribution in [0, 0.1) is 5.82 Å². The maximum absolute atomic E-state index is 16.4. The molecule has 2 N–H and O–H groups in total. The fourth-order valence-electron chi connectivity index (χ4n) is 8.29. The number of aromatic carboxylic acids is 1. The molecule has 1 fully saturated rings. The Bertz CT molecular complexity index is 2120. The molecule has 4 heterocycles. The molecule has 4 aromatic carbocycles. The van der Waals surface area contributed by atoms with Gasteiger partial charge in [-0.15, -0.1) is 0 Å². The number of nitrogens with zero attached hydrogens (tertiary/aromatic N) is 3. The zero-order valence-electron chi connectivity index (χ0n) is 25.2. The van der Waals surface area contributed by atoms with Crippen LogP contribution in [-0.4, -0.2) is 44.6 Å². The molecule has 0 aliphatic carbocycles.